The van der Waals surface area contributed by atoms with E-state index < -0.39 is 23.9 Å². The smallest absolute Gasteiger partial charge is 0.414 e. The Morgan fingerprint density at radius 1 is 1.41 bits per heavy atom. The van der Waals surface area contributed by atoms with Crippen LogP contribution in [0.4, 0.5) is 20.6 Å². The van der Waals surface area contributed by atoms with Gasteiger partial charge in [0.05, 0.1) is 30.7 Å². The van der Waals surface area contributed by atoms with Gasteiger partial charge in [-0.05, 0) is 18.2 Å². The Balaban J connectivity index is 1.74. The number of hydrogen-bond donors (Lipinski definition) is 1. The van der Waals surface area contributed by atoms with Gasteiger partial charge in [-0.3, -0.25) is 14.5 Å². The van der Waals surface area contributed by atoms with E-state index in [0.717, 1.165) is 11.0 Å². The molecular formula is C17H17FN4O5. The van der Waals surface area contributed by atoms with Crippen molar-refractivity contribution in [2.75, 3.05) is 29.9 Å². The van der Waals surface area contributed by atoms with Crippen LogP contribution in [-0.4, -0.2) is 49.3 Å². The van der Waals surface area contributed by atoms with Crippen molar-refractivity contribution in [3.63, 3.8) is 0 Å². The van der Waals surface area contributed by atoms with Crippen molar-refractivity contribution < 1.29 is 28.0 Å². The van der Waals surface area contributed by atoms with Gasteiger partial charge in [-0.25, -0.2) is 9.18 Å². The van der Waals surface area contributed by atoms with Gasteiger partial charge in [-0.15, -0.1) is 0 Å². The number of ether oxygens (including phenoxy) is 1. The van der Waals surface area contributed by atoms with Gasteiger partial charge in [0.2, 0.25) is 11.7 Å². The van der Waals surface area contributed by atoms with Crippen LogP contribution in [0.1, 0.15) is 17.5 Å². The minimum Gasteiger partial charge on any atom is -0.442 e. The van der Waals surface area contributed by atoms with E-state index >= 15 is 0 Å². The van der Waals surface area contributed by atoms with E-state index in [1.807, 2.05) is 0 Å². The molecule has 27 heavy (non-hydrogen) atoms. The second kappa shape index (κ2) is 7.44. The molecule has 1 saturated heterocycles. The van der Waals surface area contributed by atoms with Crippen LogP contribution in [-0.2, 0) is 9.53 Å². The number of amides is 3. The van der Waals surface area contributed by atoms with E-state index in [1.165, 1.54) is 43.3 Å². The zero-order valence-corrected chi connectivity index (χ0v) is 14.6. The Hall–Kier alpha value is -3.43. The lowest BCUT2D eigenvalue weighted by Gasteiger charge is -2.19. The van der Waals surface area contributed by atoms with E-state index in [-0.39, 0.29) is 36.1 Å². The Bertz CT molecular complexity index is 870. The average Bonchev–Trinajstić information content (AvgIpc) is 3.28. The van der Waals surface area contributed by atoms with E-state index in [0.29, 0.717) is 0 Å². The van der Waals surface area contributed by atoms with Crippen LogP contribution in [0.15, 0.2) is 35.0 Å². The molecule has 0 bridgehead atoms. The summed E-state index contributed by atoms with van der Waals surface area (Å²) in [6.45, 7) is 1.70. The first-order valence-corrected chi connectivity index (χ1v) is 8.07. The topological polar surface area (TPSA) is 105 Å². The largest absolute Gasteiger partial charge is 0.442 e. The monoisotopic (exact) mass is 376 g/mol. The highest BCUT2D eigenvalue weighted by Crippen LogP contribution is 2.28. The fourth-order valence-electron chi connectivity index (χ4n) is 2.63. The fourth-order valence-corrected chi connectivity index (χ4v) is 2.63. The maximum Gasteiger partial charge on any atom is 0.414 e. The van der Waals surface area contributed by atoms with E-state index in [4.69, 9.17) is 9.26 Å². The van der Waals surface area contributed by atoms with Crippen LogP contribution in [0.3, 0.4) is 0 Å². The molecule has 0 unspecified atom stereocenters. The Labute approximate surface area is 153 Å². The van der Waals surface area contributed by atoms with Crippen LogP contribution in [0.25, 0.3) is 0 Å². The van der Waals surface area contributed by atoms with E-state index in [1.54, 1.807) is 0 Å². The molecule has 1 atom stereocenters. The predicted octanol–water partition coefficient (Wildman–Crippen LogP) is 1.55. The van der Waals surface area contributed by atoms with E-state index in [9.17, 15) is 18.8 Å². The van der Waals surface area contributed by atoms with Gasteiger partial charge in [0.25, 0.3) is 5.91 Å². The summed E-state index contributed by atoms with van der Waals surface area (Å²) in [6.07, 6.45) is 0.153. The molecule has 0 saturated carbocycles. The van der Waals surface area contributed by atoms with Crippen LogP contribution in [0, 0.1) is 5.82 Å². The highest BCUT2D eigenvalue weighted by molar-refractivity contribution is 6.04. The number of nitrogens with one attached hydrogen (secondary N) is 1. The van der Waals surface area contributed by atoms with Crippen LogP contribution in [0.5, 0.6) is 0 Å². The molecule has 142 valence electrons. The first kappa shape index (κ1) is 18.4. The second-order valence-electron chi connectivity index (χ2n) is 5.93. The van der Waals surface area contributed by atoms with Crippen molar-refractivity contribution in [1.29, 1.82) is 0 Å². The van der Waals surface area contributed by atoms with Gasteiger partial charge in [-0.1, -0.05) is 5.16 Å². The van der Waals surface area contributed by atoms with Crippen LogP contribution in [0.2, 0.25) is 0 Å². The maximum absolute atomic E-state index is 14.6. The summed E-state index contributed by atoms with van der Waals surface area (Å²) in [5.41, 5.74) is 0.301. The third-order valence-electron chi connectivity index (χ3n) is 4.01. The highest BCUT2D eigenvalue weighted by Gasteiger charge is 2.33. The van der Waals surface area contributed by atoms with Crippen molar-refractivity contribution in [3.8, 4) is 0 Å². The van der Waals surface area contributed by atoms with Gasteiger partial charge < -0.3 is 19.5 Å². The molecule has 1 aliphatic heterocycles. The molecule has 10 heteroatoms. The molecule has 1 N–H and O–H groups in total. The number of nitrogens with zero attached hydrogens (tertiary/aromatic N) is 3. The lowest BCUT2D eigenvalue weighted by atomic mass is 10.2. The van der Waals surface area contributed by atoms with Gasteiger partial charge in [0, 0.05) is 20.0 Å². The van der Waals surface area contributed by atoms with Crippen molar-refractivity contribution in [3.05, 3.63) is 42.0 Å². The molecule has 3 amide bonds. The molecule has 1 fully saturated rings. The van der Waals surface area contributed by atoms with Crippen LogP contribution < -0.4 is 15.1 Å². The number of rotatable bonds is 5. The number of carbonyl (C=O) groups is 3. The van der Waals surface area contributed by atoms with Crippen LogP contribution >= 0.6 is 0 Å². The van der Waals surface area contributed by atoms with Crippen molar-refractivity contribution in [1.82, 2.24) is 10.5 Å². The molecule has 0 aliphatic carbocycles. The lowest BCUT2D eigenvalue weighted by Crippen LogP contribution is -2.33. The lowest BCUT2D eigenvalue weighted by molar-refractivity contribution is -0.119. The van der Waals surface area contributed by atoms with Crippen molar-refractivity contribution >= 4 is 29.3 Å². The summed E-state index contributed by atoms with van der Waals surface area (Å²) in [6, 6.07) is 5.40. The Morgan fingerprint density at radius 3 is 2.81 bits per heavy atom. The molecule has 2 heterocycles. The molecule has 0 spiro atoms. The standard InChI is InChI=1S/C17H17FN4O5/c1-10(23)19-8-12-9-22(17(25)26-12)11-3-4-14(13(18)7-11)21(2)16(24)15-5-6-20-27-15/h3-7,12H,8-9H2,1-2H3,(H,19,23)/t12-/m0/s1. The summed E-state index contributed by atoms with van der Waals surface area (Å²) >= 11 is 0. The Morgan fingerprint density at radius 2 is 2.19 bits per heavy atom. The minimum absolute atomic E-state index is 0.0162. The molecular weight excluding hydrogens is 359 g/mol. The average molecular weight is 376 g/mol. The zero-order valence-electron chi connectivity index (χ0n) is 14.6. The maximum atomic E-state index is 14.6. The highest BCUT2D eigenvalue weighted by atomic mass is 19.1. The van der Waals surface area contributed by atoms with Gasteiger partial charge in [0.15, 0.2) is 0 Å². The SMILES string of the molecule is CC(=O)NC[C@H]1CN(c2ccc(N(C)C(=O)c3ccno3)c(F)c2)C(=O)O1. The van der Waals surface area contributed by atoms with E-state index in [2.05, 4.69) is 10.5 Å². The second-order valence-corrected chi connectivity index (χ2v) is 5.93. The molecule has 1 aliphatic rings. The van der Waals surface area contributed by atoms with Gasteiger partial charge in [0.1, 0.15) is 11.9 Å². The molecule has 1 aromatic heterocycles. The summed E-state index contributed by atoms with van der Waals surface area (Å²) in [5.74, 6) is -1.51. The molecule has 9 nitrogen and oxygen atoms in total. The zero-order chi connectivity index (χ0) is 19.6. The van der Waals surface area contributed by atoms with Gasteiger partial charge in [-0.2, -0.15) is 0 Å². The third-order valence-corrected chi connectivity index (χ3v) is 4.01. The molecule has 0 radical (unpaired) electrons. The number of carbonyl (C=O) groups excluding carboxylic acids is 3. The first-order valence-electron chi connectivity index (χ1n) is 8.07. The third kappa shape index (κ3) is 3.89. The summed E-state index contributed by atoms with van der Waals surface area (Å²) in [5, 5.41) is 6.02. The predicted molar refractivity (Wildman–Crippen MR) is 91.9 cm³/mol. The number of benzene rings is 1. The number of aromatic nitrogens is 1. The Kier molecular flexibility index (Phi) is 5.06. The first-order chi connectivity index (χ1) is 12.9. The van der Waals surface area contributed by atoms with Crippen molar-refractivity contribution in [2.45, 2.75) is 13.0 Å². The summed E-state index contributed by atoms with van der Waals surface area (Å²) in [7, 11) is 1.40. The van der Waals surface area contributed by atoms with Gasteiger partial charge >= 0.3 is 6.09 Å². The molecule has 1 aromatic carbocycles. The summed E-state index contributed by atoms with van der Waals surface area (Å²) in [4.78, 5) is 37.5. The number of hydrogen-bond acceptors (Lipinski definition) is 6. The normalized spacial score (nSPS) is 16.2. The quantitative estimate of drug-likeness (QED) is 0.849. The number of halogens is 1. The minimum atomic E-state index is -0.694. The molecule has 2 aromatic rings. The molecule has 3 rings (SSSR count). The number of cyclic esters (lactones) is 1. The number of anilines is 2. The fraction of sp³-hybridized carbons (Fsp3) is 0.294. The van der Waals surface area contributed by atoms with Crippen molar-refractivity contribution in [2.24, 2.45) is 0 Å². The summed E-state index contributed by atoms with van der Waals surface area (Å²) < 4.78 is 24.5.